The van der Waals surface area contributed by atoms with Crippen molar-refractivity contribution in [3.63, 3.8) is 0 Å². The van der Waals surface area contributed by atoms with Gasteiger partial charge in [0.05, 0.1) is 0 Å². The predicted octanol–water partition coefficient (Wildman–Crippen LogP) is 9.27. The average Bonchev–Trinajstić information content (AvgIpc) is 2.86. The summed E-state index contributed by atoms with van der Waals surface area (Å²) in [5, 5.41) is 0. The summed E-state index contributed by atoms with van der Waals surface area (Å²) in [6.07, 6.45) is 10.1. The number of hydrogen-bond acceptors (Lipinski definition) is 0. The number of hydrogen-bond donors (Lipinski definition) is 0. The van der Waals surface area contributed by atoms with Gasteiger partial charge in [0.15, 0.2) is 11.6 Å². The van der Waals surface area contributed by atoms with Gasteiger partial charge in [0.1, 0.15) is 5.82 Å². The van der Waals surface area contributed by atoms with Crippen LogP contribution in [-0.2, 0) is 12.8 Å². The van der Waals surface area contributed by atoms with Gasteiger partial charge in [0, 0.05) is 11.1 Å². The van der Waals surface area contributed by atoms with Crippen LogP contribution < -0.4 is 0 Å². The van der Waals surface area contributed by atoms with Crippen molar-refractivity contribution in [2.24, 2.45) is 5.92 Å². The van der Waals surface area contributed by atoms with Gasteiger partial charge in [0.25, 0.3) is 0 Å². The Balaban J connectivity index is 1.41. The molecule has 1 fully saturated rings. The molecule has 3 heteroatoms. The average molecular weight is 463 g/mol. The fraction of sp³-hybridized carbons (Fsp3) is 0.355. The highest BCUT2D eigenvalue weighted by Crippen LogP contribution is 2.39. The Bertz CT molecular complexity index is 1140. The molecular weight excluding hydrogens is 429 g/mol. The van der Waals surface area contributed by atoms with E-state index in [-0.39, 0.29) is 11.7 Å². The summed E-state index contributed by atoms with van der Waals surface area (Å²) in [7, 11) is 0. The summed E-state index contributed by atoms with van der Waals surface area (Å²) in [6, 6.07) is 16.6. The predicted molar refractivity (Wildman–Crippen MR) is 135 cm³/mol. The number of rotatable bonds is 7. The third-order valence-corrected chi connectivity index (χ3v) is 7.15. The van der Waals surface area contributed by atoms with E-state index in [0.29, 0.717) is 28.2 Å². The standard InChI is InChI=1S/C31H33F3/c1-3-5-23-11-17-26(29(32)20-23)16-10-22-8-14-25(15-9-22)28-19-18-27(30(33)31(28)34)24-12-6-21(4-2)7-13-24/h6-7,10-13,16-20,22,25H,3-5,8-9,14-15H2,1-2H3/b16-10+. The van der Waals surface area contributed by atoms with E-state index >= 15 is 4.39 Å². The summed E-state index contributed by atoms with van der Waals surface area (Å²) in [5.41, 5.74) is 4.29. The van der Waals surface area contributed by atoms with Crippen molar-refractivity contribution in [1.29, 1.82) is 0 Å². The van der Waals surface area contributed by atoms with Gasteiger partial charge in [-0.2, -0.15) is 0 Å². The lowest BCUT2D eigenvalue weighted by Crippen LogP contribution is -2.13. The first-order valence-corrected chi connectivity index (χ1v) is 12.5. The molecule has 178 valence electrons. The second-order valence-corrected chi connectivity index (χ2v) is 9.46. The van der Waals surface area contributed by atoms with Crippen molar-refractivity contribution in [1.82, 2.24) is 0 Å². The van der Waals surface area contributed by atoms with E-state index < -0.39 is 11.6 Å². The molecule has 0 aromatic heterocycles. The van der Waals surface area contributed by atoms with Gasteiger partial charge in [-0.25, -0.2) is 13.2 Å². The summed E-state index contributed by atoms with van der Waals surface area (Å²) < 4.78 is 44.4. The minimum Gasteiger partial charge on any atom is -0.206 e. The first kappa shape index (κ1) is 24.3. The zero-order valence-corrected chi connectivity index (χ0v) is 20.1. The molecule has 3 aromatic carbocycles. The van der Waals surface area contributed by atoms with Crippen molar-refractivity contribution in [2.45, 2.75) is 64.7 Å². The molecule has 3 aromatic rings. The van der Waals surface area contributed by atoms with Crippen LogP contribution in [0.5, 0.6) is 0 Å². The molecule has 0 bridgehead atoms. The fourth-order valence-corrected chi connectivity index (χ4v) is 5.04. The largest absolute Gasteiger partial charge is 0.206 e. The summed E-state index contributed by atoms with van der Waals surface area (Å²) in [4.78, 5) is 0. The van der Waals surface area contributed by atoms with Gasteiger partial charge >= 0.3 is 0 Å². The Morgan fingerprint density at radius 3 is 2.15 bits per heavy atom. The number of aryl methyl sites for hydroxylation is 2. The third kappa shape index (κ3) is 5.46. The zero-order valence-electron chi connectivity index (χ0n) is 20.1. The molecule has 0 nitrogen and oxygen atoms in total. The molecule has 1 aliphatic carbocycles. The number of benzene rings is 3. The molecule has 0 unspecified atom stereocenters. The van der Waals surface area contributed by atoms with Crippen LogP contribution in [0.25, 0.3) is 17.2 Å². The van der Waals surface area contributed by atoms with E-state index in [0.717, 1.165) is 50.5 Å². The van der Waals surface area contributed by atoms with Crippen molar-refractivity contribution < 1.29 is 13.2 Å². The zero-order chi connectivity index (χ0) is 24.1. The van der Waals surface area contributed by atoms with Crippen LogP contribution in [0.1, 0.15) is 74.1 Å². The van der Waals surface area contributed by atoms with E-state index in [2.05, 4.69) is 19.9 Å². The lowest BCUT2D eigenvalue weighted by Gasteiger charge is -2.27. The van der Waals surface area contributed by atoms with Gasteiger partial charge in [-0.15, -0.1) is 0 Å². The highest BCUT2D eigenvalue weighted by atomic mass is 19.2. The minimum absolute atomic E-state index is 0.0146. The highest BCUT2D eigenvalue weighted by molar-refractivity contribution is 5.65. The van der Waals surface area contributed by atoms with Crippen LogP contribution in [0, 0.1) is 23.4 Å². The molecule has 0 heterocycles. The summed E-state index contributed by atoms with van der Waals surface area (Å²) in [5.74, 6) is -1.31. The molecule has 0 amide bonds. The van der Waals surface area contributed by atoms with Crippen LogP contribution in [0.4, 0.5) is 13.2 Å². The lowest BCUT2D eigenvalue weighted by atomic mass is 9.78. The molecular formula is C31H33F3. The van der Waals surface area contributed by atoms with E-state index in [1.165, 1.54) is 5.56 Å². The first-order chi connectivity index (χ1) is 16.5. The topological polar surface area (TPSA) is 0 Å². The molecule has 0 aliphatic heterocycles. The molecule has 4 rings (SSSR count). The first-order valence-electron chi connectivity index (χ1n) is 12.5. The van der Waals surface area contributed by atoms with Crippen molar-refractivity contribution in [3.05, 3.63) is 100 Å². The monoisotopic (exact) mass is 462 g/mol. The van der Waals surface area contributed by atoms with Crippen LogP contribution in [0.15, 0.2) is 60.7 Å². The minimum atomic E-state index is -0.759. The van der Waals surface area contributed by atoms with E-state index in [1.807, 2.05) is 42.5 Å². The van der Waals surface area contributed by atoms with Crippen LogP contribution in [0.2, 0.25) is 0 Å². The Morgan fingerprint density at radius 2 is 1.50 bits per heavy atom. The molecule has 0 atom stereocenters. The van der Waals surface area contributed by atoms with Gasteiger partial charge in [0.2, 0.25) is 0 Å². The summed E-state index contributed by atoms with van der Waals surface area (Å²) >= 11 is 0. The van der Waals surface area contributed by atoms with Gasteiger partial charge in [-0.05, 0) is 78.7 Å². The maximum atomic E-state index is 15.0. The quantitative estimate of drug-likeness (QED) is 0.328. The van der Waals surface area contributed by atoms with Crippen molar-refractivity contribution in [3.8, 4) is 11.1 Å². The van der Waals surface area contributed by atoms with Gasteiger partial charge in [-0.3, -0.25) is 0 Å². The molecule has 0 radical (unpaired) electrons. The second-order valence-electron chi connectivity index (χ2n) is 9.46. The molecule has 0 spiro atoms. The van der Waals surface area contributed by atoms with Crippen molar-refractivity contribution in [2.75, 3.05) is 0 Å². The van der Waals surface area contributed by atoms with Gasteiger partial charge in [-0.1, -0.05) is 81.0 Å². The molecule has 0 N–H and O–H groups in total. The van der Waals surface area contributed by atoms with E-state index in [1.54, 1.807) is 18.2 Å². The molecule has 1 aliphatic rings. The molecule has 34 heavy (non-hydrogen) atoms. The maximum absolute atomic E-state index is 15.0. The molecule has 1 saturated carbocycles. The Hall–Kier alpha value is -2.81. The smallest absolute Gasteiger partial charge is 0.166 e. The van der Waals surface area contributed by atoms with Crippen LogP contribution in [0.3, 0.4) is 0 Å². The Labute approximate surface area is 201 Å². The second kappa shape index (κ2) is 11.1. The highest BCUT2D eigenvalue weighted by Gasteiger charge is 2.25. The fourth-order valence-electron chi connectivity index (χ4n) is 5.04. The van der Waals surface area contributed by atoms with E-state index in [9.17, 15) is 8.78 Å². The van der Waals surface area contributed by atoms with Crippen molar-refractivity contribution >= 4 is 6.08 Å². The molecule has 0 saturated heterocycles. The SMILES string of the molecule is CCCc1ccc(/C=C/C2CCC(c3ccc(-c4ccc(CC)cc4)c(F)c3F)CC2)c(F)c1. The Kier molecular flexibility index (Phi) is 7.92. The third-order valence-electron chi connectivity index (χ3n) is 7.15. The van der Waals surface area contributed by atoms with Crippen LogP contribution >= 0.6 is 0 Å². The summed E-state index contributed by atoms with van der Waals surface area (Å²) in [6.45, 7) is 4.15. The number of halogens is 3. The van der Waals surface area contributed by atoms with Gasteiger partial charge < -0.3 is 0 Å². The normalized spacial score (nSPS) is 18.5. The van der Waals surface area contributed by atoms with E-state index in [4.69, 9.17) is 0 Å². The lowest BCUT2D eigenvalue weighted by molar-refractivity contribution is 0.365. The maximum Gasteiger partial charge on any atom is 0.166 e. The Morgan fingerprint density at radius 1 is 0.794 bits per heavy atom. The van der Waals surface area contributed by atoms with Crippen LogP contribution in [-0.4, -0.2) is 0 Å². The number of allylic oxidation sites excluding steroid dienone is 1.